The Morgan fingerprint density at radius 1 is 1.28 bits per heavy atom. The van der Waals surface area contributed by atoms with Gasteiger partial charge >= 0.3 is 0 Å². The molecule has 0 aromatic heterocycles. The smallest absolute Gasteiger partial charge is 0.134 e. The lowest BCUT2D eigenvalue weighted by molar-refractivity contribution is -0.118. The summed E-state index contributed by atoms with van der Waals surface area (Å²) in [5, 5.41) is 0. The first-order valence-electron chi connectivity index (χ1n) is 6.61. The highest BCUT2D eigenvalue weighted by Gasteiger charge is 2.61. The van der Waals surface area contributed by atoms with Crippen LogP contribution in [0.4, 0.5) is 0 Å². The zero-order valence-electron chi connectivity index (χ0n) is 11.9. The number of Topliss-reactive ketones (excluding diaryl/α,β-unsaturated/α-hetero) is 1. The maximum Gasteiger partial charge on any atom is 0.134 e. The average molecular weight is 246 g/mol. The number of benzene rings is 1. The summed E-state index contributed by atoms with van der Waals surface area (Å²) in [6.07, 6.45) is 0.156. The number of hydrogen-bond donors (Lipinski definition) is 0. The third kappa shape index (κ3) is 2.16. The van der Waals surface area contributed by atoms with Crippen LogP contribution in [0.3, 0.4) is 0 Å². The predicted molar refractivity (Wildman–Crippen MR) is 72.9 cm³/mol. The quantitative estimate of drug-likeness (QED) is 0.807. The molecule has 0 saturated heterocycles. The number of para-hydroxylation sites is 1. The second-order valence-corrected chi connectivity index (χ2v) is 6.09. The molecule has 1 aliphatic rings. The minimum Gasteiger partial charge on any atom is -0.491 e. The van der Waals surface area contributed by atoms with Crippen LogP contribution in [0, 0.1) is 11.3 Å². The summed E-state index contributed by atoms with van der Waals surface area (Å²) in [5.74, 6) is 1.64. The molecule has 18 heavy (non-hydrogen) atoms. The average Bonchev–Trinajstić information content (AvgIpc) is 2.81. The minimum absolute atomic E-state index is 0.0578. The van der Waals surface area contributed by atoms with Crippen molar-refractivity contribution in [3.63, 3.8) is 0 Å². The molecule has 1 fully saturated rings. The van der Waals surface area contributed by atoms with E-state index in [1.807, 2.05) is 32.0 Å². The Morgan fingerprint density at radius 2 is 1.89 bits per heavy atom. The van der Waals surface area contributed by atoms with Gasteiger partial charge in [-0.1, -0.05) is 32.0 Å². The molecule has 98 valence electrons. The molecular weight excluding hydrogens is 224 g/mol. The van der Waals surface area contributed by atoms with Crippen molar-refractivity contribution < 1.29 is 9.53 Å². The van der Waals surface area contributed by atoms with Crippen molar-refractivity contribution in [3.05, 3.63) is 29.8 Å². The number of carbonyl (C=O) groups is 1. The van der Waals surface area contributed by atoms with Crippen molar-refractivity contribution in [2.24, 2.45) is 11.3 Å². The standard InChI is InChI=1S/C16H22O2/c1-10(2)18-13-9-7-6-8-12(13)15-14(11(3)17)16(15,4)5/h6-10,14-15H,1-5H3. The van der Waals surface area contributed by atoms with E-state index < -0.39 is 0 Å². The molecule has 0 aliphatic heterocycles. The largest absolute Gasteiger partial charge is 0.491 e. The van der Waals surface area contributed by atoms with Gasteiger partial charge in [-0.25, -0.2) is 0 Å². The van der Waals surface area contributed by atoms with Crippen molar-refractivity contribution in [2.75, 3.05) is 0 Å². The second-order valence-electron chi connectivity index (χ2n) is 6.09. The van der Waals surface area contributed by atoms with E-state index in [4.69, 9.17) is 4.74 Å². The Balaban J connectivity index is 2.33. The van der Waals surface area contributed by atoms with Gasteiger partial charge < -0.3 is 4.74 Å². The number of ketones is 1. The van der Waals surface area contributed by atoms with Gasteiger partial charge in [0.25, 0.3) is 0 Å². The summed E-state index contributed by atoms with van der Waals surface area (Å²) in [6, 6.07) is 8.10. The van der Waals surface area contributed by atoms with Crippen molar-refractivity contribution in [1.29, 1.82) is 0 Å². The molecule has 1 aliphatic carbocycles. The third-order valence-electron chi connectivity index (χ3n) is 3.88. The molecule has 0 bridgehead atoms. The van der Waals surface area contributed by atoms with E-state index in [0.717, 1.165) is 5.75 Å². The molecule has 1 aromatic rings. The van der Waals surface area contributed by atoms with E-state index in [9.17, 15) is 4.79 Å². The lowest BCUT2D eigenvalue weighted by atomic mass is 10.0. The van der Waals surface area contributed by atoms with Crippen molar-refractivity contribution >= 4 is 5.78 Å². The van der Waals surface area contributed by atoms with Crippen molar-refractivity contribution in [3.8, 4) is 5.75 Å². The van der Waals surface area contributed by atoms with E-state index >= 15 is 0 Å². The summed E-state index contributed by atoms with van der Waals surface area (Å²) >= 11 is 0. The van der Waals surface area contributed by atoms with Crippen LogP contribution in [0.25, 0.3) is 0 Å². The fraction of sp³-hybridized carbons (Fsp3) is 0.562. The molecule has 2 atom stereocenters. The first kappa shape index (κ1) is 13.1. The van der Waals surface area contributed by atoms with Crippen LogP contribution in [-0.4, -0.2) is 11.9 Å². The van der Waals surface area contributed by atoms with Gasteiger partial charge in [0.15, 0.2) is 0 Å². The Kier molecular flexibility index (Phi) is 3.22. The lowest BCUT2D eigenvalue weighted by Crippen LogP contribution is -2.07. The number of rotatable bonds is 4. The summed E-state index contributed by atoms with van der Waals surface area (Å²) in [6.45, 7) is 10.1. The van der Waals surface area contributed by atoms with Gasteiger partial charge in [-0.15, -0.1) is 0 Å². The van der Waals surface area contributed by atoms with E-state index in [0.29, 0.717) is 5.92 Å². The molecule has 0 amide bonds. The van der Waals surface area contributed by atoms with Gasteiger partial charge in [0.1, 0.15) is 11.5 Å². The minimum atomic E-state index is 0.0578. The zero-order chi connectivity index (χ0) is 13.5. The van der Waals surface area contributed by atoms with E-state index in [-0.39, 0.29) is 23.2 Å². The van der Waals surface area contributed by atoms with Crippen molar-refractivity contribution in [1.82, 2.24) is 0 Å². The van der Waals surface area contributed by atoms with Crippen LogP contribution in [0.1, 0.15) is 46.1 Å². The molecule has 2 rings (SSSR count). The Labute approximate surface area is 109 Å². The van der Waals surface area contributed by atoms with Crippen LogP contribution in [-0.2, 0) is 4.79 Å². The molecule has 0 heterocycles. The number of hydrogen-bond acceptors (Lipinski definition) is 2. The van der Waals surface area contributed by atoms with Gasteiger partial charge in [0.2, 0.25) is 0 Å². The predicted octanol–water partition coefficient (Wildman–Crippen LogP) is 3.80. The molecule has 2 heteroatoms. The third-order valence-corrected chi connectivity index (χ3v) is 3.88. The first-order chi connectivity index (χ1) is 8.35. The summed E-state index contributed by atoms with van der Waals surface area (Å²) < 4.78 is 5.86. The molecule has 0 radical (unpaired) electrons. The van der Waals surface area contributed by atoms with Crippen LogP contribution < -0.4 is 4.74 Å². The van der Waals surface area contributed by atoms with E-state index in [1.165, 1.54) is 5.56 Å². The molecular formula is C16H22O2. The Hall–Kier alpha value is -1.31. The Bertz CT molecular complexity index is 460. The molecule has 2 unspecified atom stereocenters. The highest BCUT2D eigenvalue weighted by atomic mass is 16.5. The highest BCUT2D eigenvalue weighted by Crippen LogP contribution is 2.66. The van der Waals surface area contributed by atoms with Gasteiger partial charge in [0.05, 0.1) is 6.10 Å². The maximum atomic E-state index is 11.7. The molecule has 1 saturated carbocycles. The van der Waals surface area contributed by atoms with E-state index in [1.54, 1.807) is 6.92 Å². The maximum absolute atomic E-state index is 11.7. The SMILES string of the molecule is CC(=O)C1C(c2ccccc2OC(C)C)C1(C)C. The first-order valence-corrected chi connectivity index (χ1v) is 6.61. The van der Waals surface area contributed by atoms with Gasteiger partial charge in [-0.2, -0.15) is 0 Å². The zero-order valence-corrected chi connectivity index (χ0v) is 11.9. The molecule has 1 aromatic carbocycles. The fourth-order valence-electron chi connectivity index (χ4n) is 3.08. The normalized spacial score (nSPS) is 25.0. The van der Waals surface area contributed by atoms with E-state index in [2.05, 4.69) is 19.9 Å². The fourth-order valence-corrected chi connectivity index (χ4v) is 3.08. The van der Waals surface area contributed by atoms with Crippen LogP contribution in [0.2, 0.25) is 0 Å². The highest BCUT2D eigenvalue weighted by molar-refractivity contribution is 5.84. The Morgan fingerprint density at radius 3 is 2.39 bits per heavy atom. The summed E-state index contributed by atoms with van der Waals surface area (Å²) in [7, 11) is 0. The monoisotopic (exact) mass is 246 g/mol. The van der Waals surface area contributed by atoms with Crippen LogP contribution in [0.15, 0.2) is 24.3 Å². The number of carbonyl (C=O) groups excluding carboxylic acids is 1. The van der Waals surface area contributed by atoms with Crippen LogP contribution in [0.5, 0.6) is 5.75 Å². The van der Waals surface area contributed by atoms with Gasteiger partial charge in [0, 0.05) is 11.8 Å². The molecule has 0 N–H and O–H groups in total. The summed E-state index contributed by atoms with van der Waals surface area (Å²) in [5.41, 5.74) is 1.24. The topological polar surface area (TPSA) is 26.3 Å². The lowest BCUT2D eigenvalue weighted by Gasteiger charge is -2.14. The van der Waals surface area contributed by atoms with Crippen molar-refractivity contribution in [2.45, 2.75) is 46.6 Å². The molecule has 0 spiro atoms. The van der Waals surface area contributed by atoms with Gasteiger partial charge in [-0.3, -0.25) is 4.79 Å². The number of ether oxygens (including phenoxy) is 1. The van der Waals surface area contributed by atoms with Gasteiger partial charge in [-0.05, 0) is 37.8 Å². The molecule has 2 nitrogen and oxygen atoms in total. The summed E-state index contributed by atoms with van der Waals surface area (Å²) in [4.78, 5) is 11.7. The second kappa shape index (κ2) is 4.42. The van der Waals surface area contributed by atoms with Crippen LogP contribution >= 0.6 is 0 Å².